The number of pyridine rings is 1. The minimum atomic E-state index is -1.38. The molecule has 0 aliphatic rings. The fraction of sp³-hybridized carbons (Fsp3) is 0.160. The number of aldehydes is 1. The van der Waals surface area contributed by atoms with E-state index < -0.39 is 16.8 Å². The molecule has 35 heavy (non-hydrogen) atoms. The fourth-order valence-electron chi connectivity index (χ4n) is 3.97. The zero-order valence-corrected chi connectivity index (χ0v) is 20.8. The van der Waals surface area contributed by atoms with Crippen LogP contribution in [0.15, 0.2) is 54.7 Å². The maximum absolute atomic E-state index is 13.6. The highest BCUT2D eigenvalue weighted by Crippen LogP contribution is 2.39. The van der Waals surface area contributed by atoms with E-state index in [1.807, 2.05) is 6.92 Å². The normalized spacial score (nSPS) is 11.9. The summed E-state index contributed by atoms with van der Waals surface area (Å²) in [4.78, 5) is 24.4. The van der Waals surface area contributed by atoms with Crippen LogP contribution in [0.4, 0.5) is 10.1 Å². The minimum absolute atomic E-state index is 0.287. The second-order valence-electron chi connectivity index (χ2n) is 7.69. The fourth-order valence-corrected chi connectivity index (χ4v) is 4.97. The highest BCUT2D eigenvalue weighted by Gasteiger charge is 2.25. The van der Waals surface area contributed by atoms with Crippen molar-refractivity contribution < 1.29 is 18.2 Å². The Labute approximate surface area is 209 Å². The number of fused-ring (bicyclic) bond motifs is 1. The molecule has 10 heteroatoms. The predicted molar refractivity (Wildman–Crippen MR) is 137 cm³/mol. The zero-order chi connectivity index (χ0) is 25.3. The van der Waals surface area contributed by atoms with Crippen molar-refractivity contribution in [2.45, 2.75) is 6.92 Å². The standard InChI is InChI=1S/C25H22ClFN4O3S/c1-4-31(35(3)34)22-13-30-21(12-19(22)18-11-15(14-32)5-10-20(18)26)23(25(33)28-2)24(29-30)16-6-8-17(27)9-7-16/h5-14H,4H2,1-3H3,(H,28,33). The van der Waals surface area contributed by atoms with Crippen LogP contribution in [0.25, 0.3) is 27.9 Å². The van der Waals surface area contributed by atoms with Crippen LogP contribution in [-0.2, 0) is 11.0 Å². The summed E-state index contributed by atoms with van der Waals surface area (Å²) in [5.41, 5.74) is 3.78. The topological polar surface area (TPSA) is 83.8 Å². The van der Waals surface area contributed by atoms with Crippen molar-refractivity contribution in [1.29, 1.82) is 0 Å². The van der Waals surface area contributed by atoms with Crippen LogP contribution >= 0.6 is 11.6 Å². The van der Waals surface area contributed by atoms with Crippen LogP contribution in [0.1, 0.15) is 27.6 Å². The van der Waals surface area contributed by atoms with E-state index in [1.165, 1.54) is 23.7 Å². The molecule has 0 aliphatic heterocycles. The molecule has 4 rings (SSSR count). The third-order valence-corrected chi connectivity index (χ3v) is 7.01. The molecule has 0 bridgehead atoms. The number of carbonyl (C=O) groups excluding carboxylic acids is 2. The summed E-state index contributed by atoms with van der Waals surface area (Å²) < 4.78 is 29.4. The summed E-state index contributed by atoms with van der Waals surface area (Å²) in [5, 5.41) is 7.65. The van der Waals surface area contributed by atoms with Gasteiger partial charge in [0.25, 0.3) is 5.91 Å². The minimum Gasteiger partial charge on any atom is -0.355 e. The molecule has 2 aromatic heterocycles. The van der Waals surface area contributed by atoms with E-state index in [0.717, 1.165) is 6.29 Å². The number of aromatic nitrogens is 2. The number of benzene rings is 2. The summed E-state index contributed by atoms with van der Waals surface area (Å²) >= 11 is 6.54. The van der Waals surface area contributed by atoms with Gasteiger partial charge in [-0.3, -0.25) is 13.9 Å². The lowest BCUT2D eigenvalue weighted by Crippen LogP contribution is -2.25. The van der Waals surface area contributed by atoms with E-state index in [2.05, 4.69) is 10.4 Å². The number of anilines is 1. The Balaban J connectivity index is 2.11. The van der Waals surface area contributed by atoms with Gasteiger partial charge in [-0.2, -0.15) is 5.10 Å². The van der Waals surface area contributed by atoms with Crippen LogP contribution in [0.2, 0.25) is 5.02 Å². The molecule has 0 aliphatic carbocycles. The van der Waals surface area contributed by atoms with Gasteiger partial charge in [-0.15, -0.1) is 0 Å². The highest BCUT2D eigenvalue weighted by molar-refractivity contribution is 7.85. The van der Waals surface area contributed by atoms with Crippen LogP contribution < -0.4 is 9.62 Å². The van der Waals surface area contributed by atoms with E-state index >= 15 is 0 Å². The SMILES string of the molecule is CCN(c1cn2nc(-c3ccc(F)cc3)c(C(=O)NC)c2cc1-c1cc(C=O)ccc1Cl)S(C)=O. The van der Waals surface area contributed by atoms with Gasteiger partial charge in [0, 0.05) is 47.1 Å². The predicted octanol–water partition coefficient (Wildman–Crippen LogP) is 4.75. The van der Waals surface area contributed by atoms with Gasteiger partial charge in [0.15, 0.2) is 0 Å². The molecular weight excluding hydrogens is 491 g/mol. The van der Waals surface area contributed by atoms with Gasteiger partial charge in [0.05, 0.1) is 23.0 Å². The molecule has 0 saturated heterocycles. The Morgan fingerprint density at radius 2 is 1.91 bits per heavy atom. The lowest BCUT2D eigenvalue weighted by molar-refractivity contribution is 0.0965. The average molecular weight is 513 g/mol. The number of hydrogen-bond acceptors (Lipinski definition) is 4. The smallest absolute Gasteiger partial charge is 0.255 e. The Hall–Kier alpha value is -3.56. The Kier molecular flexibility index (Phi) is 7.00. The molecule has 0 spiro atoms. The van der Waals surface area contributed by atoms with Gasteiger partial charge >= 0.3 is 0 Å². The summed E-state index contributed by atoms with van der Waals surface area (Å²) in [6.45, 7) is 2.28. The molecule has 0 fully saturated rings. The first-order valence-corrected chi connectivity index (χ1v) is 12.6. The molecule has 2 aromatic carbocycles. The lowest BCUT2D eigenvalue weighted by Gasteiger charge is -2.23. The van der Waals surface area contributed by atoms with Crippen LogP contribution in [0.5, 0.6) is 0 Å². The zero-order valence-electron chi connectivity index (χ0n) is 19.2. The summed E-state index contributed by atoms with van der Waals surface area (Å²) in [6, 6.07) is 12.3. The van der Waals surface area contributed by atoms with E-state index in [9.17, 15) is 18.2 Å². The number of nitrogens with one attached hydrogen (secondary N) is 1. The Morgan fingerprint density at radius 3 is 2.51 bits per heavy atom. The van der Waals surface area contributed by atoms with Crippen molar-refractivity contribution in [2.24, 2.45) is 0 Å². The number of amides is 1. The van der Waals surface area contributed by atoms with E-state index in [-0.39, 0.29) is 11.5 Å². The summed E-state index contributed by atoms with van der Waals surface area (Å²) in [6.07, 6.45) is 3.96. The first-order valence-electron chi connectivity index (χ1n) is 10.7. The second-order valence-corrected chi connectivity index (χ2v) is 9.38. The van der Waals surface area contributed by atoms with Gasteiger partial charge in [0.2, 0.25) is 0 Å². The van der Waals surface area contributed by atoms with Crippen molar-refractivity contribution in [3.8, 4) is 22.4 Å². The van der Waals surface area contributed by atoms with Crippen LogP contribution in [0, 0.1) is 5.82 Å². The van der Waals surface area contributed by atoms with Crippen LogP contribution in [0.3, 0.4) is 0 Å². The van der Waals surface area contributed by atoms with Gasteiger partial charge < -0.3 is 5.32 Å². The highest BCUT2D eigenvalue weighted by atomic mass is 35.5. The quantitative estimate of drug-likeness (QED) is 0.362. The second kappa shape index (κ2) is 9.97. The van der Waals surface area contributed by atoms with Crippen LogP contribution in [-0.4, -0.2) is 45.9 Å². The maximum Gasteiger partial charge on any atom is 0.255 e. The Morgan fingerprint density at radius 1 is 1.20 bits per heavy atom. The largest absolute Gasteiger partial charge is 0.355 e. The van der Waals surface area contributed by atoms with E-state index in [1.54, 1.807) is 53.2 Å². The van der Waals surface area contributed by atoms with Crippen molar-refractivity contribution in [1.82, 2.24) is 14.9 Å². The maximum atomic E-state index is 13.6. The number of halogens is 2. The molecule has 0 saturated carbocycles. The number of rotatable bonds is 7. The van der Waals surface area contributed by atoms with Gasteiger partial charge in [-0.05, 0) is 49.4 Å². The number of hydrogen-bond donors (Lipinski definition) is 1. The average Bonchev–Trinajstić information content (AvgIpc) is 3.22. The summed E-state index contributed by atoms with van der Waals surface area (Å²) in [7, 11) is 0.129. The molecule has 7 nitrogen and oxygen atoms in total. The number of nitrogens with zero attached hydrogens (tertiary/aromatic N) is 3. The molecular formula is C25H22ClFN4O3S. The third-order valence-electron chi connectivity index (χ3n) is 5.60. The summed E-state index contributed by atoms with van der Waals surface area (Å²) in [5.74, 6) is -0.783. The number of carbonyl (C=O) groups is 2. The van der Waals surface area contributed by atoms with Crippen molar-refractivity contribution in [3.05, 3.63) is 76.7 Å². The molecule has 2 heterocycles. The molecule has 1 N–H and O–H groups in total. The molecule has 1 amide bonds. The monoisotopic (exact) mass is 512 g/mol. The molecule has 4 aromatic rings. The molecule has 0 radical (unpaired) electrons. The van der Waals surface area contributed by atoms with Crippen molar-refractivity contribution in [2.75, 3.05) is 24.2 Å². The first kappa shape index (κ1) is 24.6. The van der Waals surface area contributed by atoms with E-state index in [0.29, 0.717) is 50.7 Å². The molecule has 1 unspecified atom stereocenters. The van der Waals surface area contributed by atoms with Crippen molar-refractivity contribution >= 4 is 46.0 Å². The van der Waals surface area contributed by atoms with Gasteiger partial charge in [0.1, 0.15) is 28.8 Å². The van der Waals surface area contributed by atoms with Crippen molar-refractivity contribution in [3.63, 3.8) is 0 Å². The Bertz CT molecular complexity index is 1470. The third kappa shape index (κ3) is 4.56. The first-order chi connectivity index (χ1) is 16.8. The molecule has 180 valence electrons. The van der Waals surface area contributed by atoms with Gasteiger partial charge in [-0.1, -0.05) is 17.7 Å². The molecule has 1 atom stereocenters. The lowest BCUT2D eigenvalue weighted by atomic mass is 10.00. The van der Waals surface area contributed by atoms with E-state index in [4.69, 9.17) is 11.6 Å². The van der Waals surface area contributed by atoms with Gasteiger partial charge in [-0.25, -0.2) is 13.1 Å².